The second kappa shape index (κ2) is 50.0. The lowest BCUT2D eigenvalue weighted by molar-refractivity contribution is 0.525. The van der Waals surface area contributed by atoms with Crippen molar-refractivity contribution >= 4 is 22.7 Å². The Balaban J connectivity index is -0.000000368. The molecule has 0 saturated heterocycles. The van der Waals surface area contributed by atoms with E-state index in [1.807, 2.05) is 168 Å². The summed E-state index contributed by atoms with van der Waals surface area (Å²) in [5.41, 5.74) is 11.8. The fourth-order valence-electron chi connectivity index (χ4n) is 3.40. The van der Waals surface area contributed by atoms with Crippen LogP contribution in [0.2, 0.25) is 0 Å². The summed E-state index contributed by atoms with van der Waals surface area (Å²) in [6.07, 6.45) is 11.2. The molecular formula is C50H87N21O2S2. The summed E-state index contributed by atoms with van der Waals surface area (Å²) < 4.78 is 11.4. The van der Waals surface area contributed by atoms with Crippen molar-refractivity contribution in [2.24, 2.45) is 14.1 Å². The number of aryl methyl sites for hydroxylation is 16. The minimum absolute atomic E-state index is 0.711. The molecule has 0 fully saturated rings. The van der Waals surface area contributed by atoms with E-state index in [1.54, 1.807) is 66.1 Å². The second-order valence-corrected chi connectivity index (χ2v) is 15.7. The van der Waals surface area contributed by atoms with E-state index < -0.39 is 0 Å². The highest BCUT2D eigenvalue weighted by atomic mass is 32.1. The maximum absolute atomic E-state index is 4.85. The van der Waals surface area contributed by atoms with Gasteiger partial charge in [0.05, 0.1) is 76.5 Å². The Morgan fingerprint density at radius 2 is 0.893 bits per heavy atom. The second-order valence-electron chi connectivity index (χ2n) is 13.5. The molecule has 0 atom stereocenters. The van der Waals surface area contributed by atoms with Gasteiger partial charge in [-0.1, -0.05) is 61.5 Å². The van der Waals surface area contributed by atoms with Crippen molar-refractivity contribution in [3.8, 4) is 0 Å². The third-order valence-corrected chi connectivity index (χ3v) is 9.63. The van der Waals surface area contributed by atoms with Crippen LogP contribution in [0.3, 0.4) is 0 Å². The molecule has 10 heterocycles. The largest absolute Gasteiger partial charge is 0.449 e. The monoisotopic (exact) mass is 1080 g/mol. The van der Waals surface area contributed by atoms with Crippen LogP contribution in [-0.2, 0) is 14.1 Å². The van der Waals surface area contributed by atoms with Crippen LogP contribution in [-0.4, -0.2) is 106 Å². The van der Waals surface area contributed by atoms with Gasteiger partial charge in [-0.15, -0.1) is 32.9 Å². The number of nitrogens with zero attached hydrogens (tertiary/aromatic N) is 18. The third kappa shape index (κ3) is 42.7. The standard InChI is InChI=1S/C6H7N.2C5H7NO.2C5H7NS.C4H7N3.C3H6N4.3C3H5N3.4C2H6/c1-6-4-2-3-5-7-6;4*1-4-5(2)7-3-6-4;1-4-5-3-6-7(4)2;1-3-4-6-7(2)5-3;3*1-3-2-4-6-5-3;4*1-2/h2-5H,1H3;5*3H,1-2H3;1-2H3;3*2H,1H3,(H,4,5,6);4*1-2H3. The van der Waals surface area contributed by atoms with Crippen molar-refractivity contribution in [2.45, 2.75) is 152 Å². The molecule has 0 aromatic carbocycles. The van der Waals surface area contributed by atoms with Crippen LogP contribution < -0.4 is 0 Å². The summed E-state index contributed by atoms with van der Waals surface area (Å²) in [6, 6.07) is 5.86. The first-order valence-electron chi connectivity index (χ1n) is 24.2. The molecule has 10 aromatic heterocycles. The highest BCUT2D eigenvalue weighted by Crippen LogP contribution is 2.08. The van der Waals surface area contributed by atoms with E-state index in [2.05, 4.69) is 110 Å². The number of nitrogens with one attached hydrogen (secondary N) is 3. The van der Waals surface area contributed by atoms with Gasteiger partial charge in [0.15, 0.2) is 18.6 Å². The summed E-state index contributed by atoms with van der Waals surface area (Å²) in [5, 5.41) is 43.9. The Labute approximate surface area is 453 Å². The van der Waals surface area contributed by atoms with Gasteiger partial charge >= 0.3 is 0 Å². The number of aromatic amines is 3. The Hall–Kier alpha value is -7.54. The van der Waals surface area contributed by atoms with E-state index in [-0.39, 0.29) is 0 Å². The number of pyridine rings is 1. The molecule has 10 aromatic rings. The van der Waals surface area contributed by atoms with Gasteiger partial charge in [-0.25, -0.2) is 24.9 Å². The zero-order valence-corrected chi connectivity index (χ0v) is 50.7. The van der Waals surface area contributed by atoms with Crippen molar-refractivity contribution in [1.29, 1.82) is 0 Å². The molecule has 0 aliphatic rings. The average molecular weight is 1080 g/mol. The van der Waals surface area contributed by atoms with Crippen LogP contribution >= 0.6 is 22.7 Å². The summed E-state index contributed by atoms with van der Waals surface area (Å²) in [6.45, 7) is 43.1. The van der Waals surface area contributed by atoms with Crippen molar-refractivity contribution < 1.29 is 8.83 Å². The maximum Gasteiger partial charge on any atom is 0.181 e. The zero-order valence-electron chi connectivity index (χ0n) is 49.1. The van der Waals surface area contributed by atoms with Gasteiger partial charge in [-0.2, -0.15) is 56.1 Å². The Morgan fingerprint density at radius 1 is 0.480 bits per heavy atom. The molecule has 0 amide bonds. The van der Waals surface area contributed by atoms with Crippen LogP contribution in [0.4, 0.5) is 0 Å². The summed E-state index contributed by atoms with van der Waals surface area (Å²) in [5.74, 6) is 3.46. The minimum atomic E-state index is 0.711. The highest BCUT2D eigenvalue weighted by molar-refractivity contribution is 7.09. The number of hydrogen-bond acceptors (Lipinski definition) is 20. The summed E-state index contributed by atoms with van der Waals surface area (Å²) in [7, 11) is 3.60. The lowest BCUT2D eigenvalue weighted by atomic mass is 10.4. The number of hydrogen-bond donors (Lipinski definition) is 3. The van der Waals surface area contributed by atoms with Crippen LogP contribution in [0.15, 0.2) is 82.0 Å². The third-order valence-electron chi connectivity index (χ3n) is 7.91. The molecule has 416 valence electrons. The molecule has 0 spiro atoms. The lowest BCUT2D eigenvalue weighted by Crippen LogP contribution is -1.91. The van der Waals surface area contributed by atoms with Crippen molar-refractivity contribution in [3.63, 3.8) is 0 Å². The number of tetrazole rings is 1. The van der Waals surface area contributed by atoms with Gasteiger partial charge in [0.2, 0.25) is 0 Å². The molecule has 23 nitrogen and oxygen atoms in total. The molecule has 75 heavy (non-hydrogen) atoms. The lowest BCUT2D eigenvalue weighted by Gasteiger charge is -1.84. The molecular weight excluding hydrogens is 991 g/mol. The predicted octanol–water partition coefficient (Wildman–Crippen LogP) is 11.6. The highest BCUT2D eigenvalue weighted by Gasteiger charge is 1.93. The number of thiazole rings is 2. The predicted molar refractivity (Wildman–Crippen MR) is 302 cm³/mol. The molecule has 25 heteroatoms. The van der Waals surface area contributed by atoms with E-state index in [4.69, 9.17) is 8.83 Å². The van der Waals surface area contributed by atoms with Crippen molar-refractivity contribution in [1.82, 2.24) is 106 Å². The SMILES string of the molecule is CC.CC.CC.CC.Cc1ccccn1.Cc1cn[nH]n1.Cc1cn[nH]n1.Cc1cn[nH]n1.Cc1ncnn1C.Cc1ncoc1C.Cc1ncoc1C.Cc1ncsc1C.Cc1ncsc1C.Cc1nnn(C)n1. The Morgan fingerprint density at radius 3 is 0.987 bits per heavy atom. The molecule has 0 unspecified atom stereocenters. The fourth-order valence-corrected chi connectivity index (χ4v) is 4.58. The van der Waals surface area contributed by atoms with E-state index in [0.717, 1.165) is 62.9 Å². The minimum Gasteiger partial charge on any atom is -0.449 e. The van der Waals surface area contributed by atoms with Crippen molar-refractivity contribution in [3.05, 3.63) is 152 Å². The maximum atomic E-state index is 4.85. The molecule has 3 N–H and O–H groups in total. The number of oxazole rings is 2. The van der Waals surface area contributed by atoms with Crippen LogP contribution in [0.25, 0.3) is 0 Å². The van der Waals surface area contributed by atoms with Gasteiger partial charge in [-0.3, -0.25) is 9.67 Å². The number of H-pyrrole nitrogens is 3. The summed E-state index contributed by atoms with van der Waals surface area (Å²) in [4.78, 5) is 27.7. The van der Waals surface area contributed by atoms with Gasteiger partial charge in [0, 0.05) is 28.7 Å². The first kappa shape index (κ1) is 74.0. The van der Waals surface area contributed by atoms with E-state index in [1.165, 1.54) is 33.7 Å². The Bertz CT molecular complexity index is 2230. The van der Waals surface area contributed by atoms with Crippen molar-refractivity contribution in [2.75, 3.05) is 0 Å². The normalized spacial score (nSPS) is 8.53. The zero-order chi connectivity index (χ0) is 58.0. The molecule has 0 aliphatic heterocycles. The first-order valence-corrected chi connectivity index (χ1v) is 26.0. The number of aromatic nitrogens is 21. The number of rotatable bonds is 0. The molecule has 0 aliphatic carbocycles. The molecule has 0 saturated carbocycles. The molecule has 0 radical (unpaired) electrons. The van der Waals surface area contributed by atoms with Gasteiger partial charge < -0.3 is 8.83 Å². The van der Waals surface area contributed by atoms with E-state index in [9.17, 15) is 0 Å². The molecule has 0 bridgehead atoms. The average Bonchev–Trinajstić information content (AvgIpc) is 4.29. The van der Waals surface area contributed by atoms with Crippen LogP contribution in [0, 0.1) is 96.9 Å². The quantitative estimate of drug-likeness (QED) is 0.127. The van der Waals surface area contributed by atoms with Gasteiger partial charge in [0.25, 0.3) is 0 Å². The fraction of sp³-hybridized carbons (Fsp3) is 0.480. The first-order chi connectivity index (χ1) is 35.9. The topological polar surface area (TPSA) is 290 Å². The van der Waals surface area contributed by atoms with Crippen LogP contribution in [0.5, 0.6) is 0 Å². The van der Waals surface area contributed by atoms with Gasteiger partial charge in [0.1, 0.15) is 23.7 Å². The Kier molecular flexibility index (Phi) is 49.3. The van der Waals surface area contributed by atoms with Gasteiger partial charge in [-0.05, 0) is 114 Å². The summed E-state index contributed by atoms with van der Waals surface area (Å²) >= 11 is 3.39. The van der Waals surface area contributed by atoms with Crippen LogP contribution in [0.1, 0.15) is 134 Å². The smallest absolute Gasteiger partial charge is 0.181 e. The van der Waals surface area contributed by atoms with E-state index >= 15 is 0 Å². The van der Waals surface area contributed by atoms with E-state index in [0.29, 0.717) is 5.82 Å². The molecule has 10 rings (SSSR count).